The number of ether oxygens (including phenoxy) is 2. The summed E-state index contributed by atoms with van der Waals surface area (Å²) in [6.45, 7) is 15.0. The van der Waals surface area contributed by atoms with Gasteiger partial charge >= 0.3 is 11.4 Å². The number of aliphatic hydroxyl groups is 1. The van der Waals surface area contributed by atoms with Crippen molar-refractivity contribution in [1.82, 2.24) is 19.1 Å². The van der Waals surface area contributed by atoms with E-state index in [0.29, 0.717) is 23.5 Å². The summed E-state index contributed by atoms with van der Waals surface area (Å²) in [5, 5.41) is 15.9. The second-order valence-electron chi connectivity index (χ2n) is 19.9. The van der Waals surface area contributed by atoms with Gasteiger partial charge in [-0.25, -0.2) is 9.59 Å². The van der Waals surface area contributed by atoms with Gasteiger partial charge in [0.15, 0.2) is 6.23 Å². The van der Waals surface area contributed by atoms with Crippen molar-refractivity contribution in [2.45, 2.75) is 102 Å². The lowest BCUT2D eigenvalue weighted by Crippen LogP contribution is -2.68. The molecule has 8 rings (SSSR count). The summed E-state index contributed by atoms with van der Waals surface area (Å²) in [5.41, 5.74) is -1.89. The highest BCUT2D eigenvalue weighted by Crippen LogP contribution is 2.43. The molecule has 16 heteroatoms. The maximum absolute atomic E-state index is 13.4. The molecule has 2 saturated heterocycles. The standard InChI is InChI=1S/C52H62N4O9SSi2/c1-35-31-56(50(61)54-47(35)59)45-30-41(65-68(52(5,6)7,38-24-16-10-17-25-38)39-26-18-11-19-27-39)43(63-45)34-66-33-40-42(64-48(46(40)58)55-29-28-44(57)53-49(55)60)32-62-67(51(2,3)4,36-20-12-8-13-21-36)37-22-14-9-15-23-37/h8-29,31,40-43,45-46,48,58H,30,32-34H2,1-7H3,(H,53,57,60)(H,54,59,61)/t40-,41+,42-,43-,45-,46-,48-/m1/s1. The van der Waals surface area contributed by atoms with Gasteiger partial charge in [0.25, 0.3) is 27.8 Å². The van der Waals surface area contributed by atoms with E-state index in [4.69, 9.17) is 18.3 Å². The molecule has 4 heterocycles. The van der Waals surface area contributed by atoms with Crippen molar-refractivity contribution in [3.63, 3.8) is 0 Å². The van der Waals surface area contributed by atoms with E-state index < -0.39 is 81.9 Å². The van der Waals surface area contributed by atoms with Crippen LogP contribution < -0.4 is 43.2 Å². The van der Waals surface area contributed by atoms with Crippen LogP contribution in [0.5, 0.6) is 0 Å². The number of thioether (sulfide) groups is 1. The van der Waals surface area contributed by atoms with Crippen LogP contribution in [0.4, 0.5) is 0 Å². The maximum atomic E-state index is 13.4. The Bertz CT molecular complexity index is 2810. The van der Waals surface area contributed by atoms with Crippen LogP contribution in [0.1, 0.15) is 66.0 Å². The second kappa shape index (κ2) is 20.0. The maximum Gasteiger partial charge on any atom is 0.330 e. The normalized spacial score (nSPS) is 22.4. The highest BCUT2D eigenvalue weighted by molar-refractivity contribution is 7.99. The van der Waals surface area contributed by atoms with E-state index in [2.05, 4.69) is 100 Å². The molecule has 0 bridgehead atoms. The van der Waals surface area contributed by atoms with E-state index in [1.54, 1.807) is 24.9 Å². The third-order valence-electron chi connectivity index (χ3n) is 13.5. The number of hydrogen-bond donors (Lipinski definition) is 3. The SMILES string of the molecule is Cc1cn([C@H]2C[C@H](O[Si](c3ccccc3)(c3ccccc3)C(C)(C)C)[C@@H](CSC[C@H]3[C@@H](O)[C@H](n4ccc(=O)[nH]c4=O)O[C@@H]3CO[Si](c3ccccc3)(c3ccccc3)C(C)(C)C)O2)c(=O)[nH]c1=O. The number of aromatic amines is 2. The zero-order valence-electron chi connectivity index (χ0n) is 39.7. The largest absolute Gasteiger partial charge is 0.405 e. The number of rotatable bonds is 15. The first-order valence-corrected chi connectivity index (χ1v) is 28.2. The summed E-state index contributed by atoms with van der Waals surface area (Å²) in [6.07, 6.45) is -1.48. The number of H-pyrrole nitrogens is 2. The number of benzene rings is 4. The molecule has 0 radical (unpaired) electrons. The first-order chi connectivity index (χ1) is 32.4. The molecule has 0 amide bonds. The summed E-state index contributed by atoms with van der Waals surface area (Å²) in [6, 6.07) is 42.5. The molecule has 2 aliphatic rings. The molecule has 0 unspecified atom stereocenters. The summed E-state index contributed by atoms with van der Waals surface area (Å²) < 4.78 is 31.3. The minimum Gasteiger partial charge on any atom is -0.405 e. The summed E-state index contributed by atoms with van der Waals surface area (Å²) >= 11 is 1.56. The van der Waals surface area contributed by atoms with E-state index in [-0.39, 0.29) is 16.7 Å². The topological polar surface area (TPSA) is 167 Å². The van der Waals surface area contributed by atoms with E-state index in [1.807, 2.05) is 72.8 Å². The Morgan fingerprint density at radius 1 is 0.662 bits per heavy atom. The van der Waals surface area contributed by atoms with Crippen molar-refractivity contribution in [3.8, 4) is 0 Å². The molecule has 3 N–H and O–H groups in total. The lowest BCUT2D eigenvalue weighted by atomic mass is 10.0. The first kappa shape index (κ1) is 49.3. The molecule has 7 atom stereocenters. The first-order valence-electron chi connectivity index (χ1n) is 23.2. The summed E-state index contributed by atoms with van der Waals surface area (Å²) in [4.78, 5) is 56.1. The third kappa shape index (κ3) is 9.57. The van der Waals surface area contributed by atoms with Crippen LogP contribution >= 0.6 is 11.8 Å². The lowest BCUT2D eigenvalue weighted by Gasteiger charge is -2.45. The fourth-order valence-electron chi connectivity index (χ4n) is 10.2. The molecule has 13 nitrogen and oxygen atoms in total. The van der Waals surface area contributed by atoms with Crippen molar-refractivity contribution in [2.75, 3.05) is 18.1 Å². The van der Waals surface area contributed by atoms with Crippen LogP contribution in [-0.4, -0.2) is 83.4 Å². The van der Waals surface area contributed by atoms with Crippen molar-refractivity contribution in [3.05, 3.63) is 187 Å². The molecule has 358 valence electrons. The van der Waals surface area contributed by atoms with Gasteiger partial charge in [0.05, 0.1) is 24.9 Å². The van der Waals surface area contributed by atoms with Gasteiger partial charge in [0.2, 0.25) is 0 Å². The van der Waals surface area contributed by atoms with Crippen LogP contribution in [0, 0.1) is 12.8 Å². The minimum absolute atomic E-state index is 0.111. The van der Waals surface area contributed by atoms with E-state index >= 15 is 0 Å². The number of nitrogens with one attached hydrogen (secondary N) is 2. The minimum atomic E-state index is -3.13. The molecule has 4 aromatic carbocycles. The quantitative estimate of drug-likeness (QED) is 0.122. The summed E-state index contributed by atoms with van der Waals surface area (Å²) in [5.74, 6) is 0.240. The van der Waals surface area contributed by atoms with E-state index in [0.717, 1.165) is 20.7 Å². The average molecular weight is 975 g/mol. The molecular weight excluding hydrogens is 913 g/mol. The van der Waals surface area contributed by atoms with Gasteiger partial charge in [-0.15, -0.1) is 0 Å². The number of nitrogens with zero attached hydrogens (tertiary/aromatic N) is 2. The highest BCUT2D eigenvalue weighted by Gasteiger charge is 2.55. The smallest absolute Gasteiger partial charge is 0.330 e. The van der Waals surface area contributed by atoms with Gasteiger partial charge in [-0.2, -0.15) is 11.8 Å². The fraction of sp³-hybridized carbons (Fsp3) is 0.385. The van der Waals surface area contributed by atoms with Gasteiger partial charge in [-0.3, -0.25) is 28.7 Å². The monoisotopic (exact) mass is 974 g/mol. The van der Waals surface area contributed by atoms with E-state index in [1.165, 1.54) is 21.4 Å². The van der Waals surface area contributed by atoms with Gasteiger partial charge in [-0.05, 0) is 37.7 Å². The third-order valence-corrected chi connectivity index (χ3v) is 24.8. The highest BCUT2D eigenvalue weighted by atomic mass is 32.2. The molecule has 0 spiro atoms. The molecule has 6 aromatic rings. The average Bonchev–Trinajstić information content (AvgIpc) is 3.86. The van der Waals surface area contributed by atoms with Gasteiger partial charge in [0.1, 0.15) is 12.3 Å². The second-order valence-corrected chi connectivity index (χ2v) is 29.5. The van der Waals surface area contributed by atoms with Crippen LogP contribution in [0.15, 0.2) is 159 Å². The Hall–Kier alpha value is -5.18. The Morgan fingerprint density at radius 3 is 1.66 bits per heavy atom. The van der Waals surface area contributed by atoms with Crippen molar-refractivity contribution >= 4 is 49.1 Å². The molecule has 2 aromatic heterocycles. The lowest BCUT2D eigenvalue weighted by molar-refractivity contribution is -0.0515. The Balaban J connectivity index is 1.14. The molecule has 2 aliphatic heterocycles. The fourth-order valence-corrected chi connectivity index (χ4v) is 20.8. The van der Waals surface area contributed by atoms with Crippen molar-refractivity contribution < 1.29 is 23.4 Å². The Kier molecular flexibility index (Phi) is 14.5. The molecule has 0 aliphatic carbocycles. The van der Waals surface area contributed by atoms with Crippen molar-refractivity contribution in [1.29, 1.82) is 0 Å². The Labute approximate surface area is 402 Å². The number of aromatic nitrogens is 4. The number of aliphatic hydroxyl groups excluding tert-OH is 1. The summed E-state index contributed by atoms with van der Waals surface area (Å²) in [7, 11) is -6.19. The molecule has 2 fully saturated rings. The number of aryl methyl sites for hydroxylation is 1. The van der Waals surface area contributed by atoms with Gasteiger partial charge in [-0.1, -0.05) is 163 Å². The van der Waals surface area contributed by atoms with Crippen molar-refractivity contribution in [2.24, 2.45) is 5.92 Å². The van der Waals surface area contributed by atoms with Crippen LogP contribution in [0.3, 0.4) is 0 Å². The predicted octanol–water partition coefficient (Wildman–Crippen LogP) is 4.81. The van der Waals surface area contributed by atoms with Crippen LogP contribution in [-0.2, 0) is 18.3 Å². The van der Waals surface area contributed by atoms with Crippen LogP contribution in [0.25, 0.3) is 0 Å². The van der Waals surface area contributed by atoms with E-state index in [9.17, 15) is 24.3 Å². The van der Waals surface area contributed by atoms with Crippen LogP contribution in [0.2, 0.25) is 10.1 Å². The predicted molar refractivity (Wildman–Crippen MR) is 273 cm³/mol. The number of hydrogen-bond acceptors (Lipinski definition) is 10. The molecule has 68 heavy (non-hydrogen) atoms. The zero-order valence-corrected chi connectivity index (χ0v) is 42.5. The Morgan fingerprint density at radius 2 is 1.16 bits per heavy atom. The molecular formula is C52H62N4O9SSi2. The zero-order chi connectivity index (χ0) is 48.4. The van der Waals surface area contributed by atoms with Gasteiger partial charge in [0, 0.05) is 47.9 Å². The molecule has 0 saturated carbocycles. The van der Waals surface area contributed by atoms with Gasteiger partial charge < -0.3 is 23.4 Å².